The van der Waals surface area contributed by atoms with Gasteiger partial charge in [-0.15, -0.1) is 0 Å². The SMILES string of the molecule is Cc1cc(Oc2ccc([C@@H](C)N)cc2F)ccc1Cl. The molecule has 0 aliphatic rings. The maximum Gasteiger partial charge on any atom is 0.166 e. The molecule has 4 heteroatoms. The molecule has 1 atom stereocenters. The monoisotopic (exact) mass is 279 g/mol. The third-order valence-electron chi connectivity index (χ3n) is 2.84. The average molecular weight is 280 g/mol. The largest absolute Gasteiger partial charge is 0.454 e. The van der Waals surface area contributed by atoms with Crippen LogP contribution in [0.1, 0.15) is 24.1 Å². The maximum absolute atomic E-state index is 13.9. The number of rotatable bonds is 3. The highest BCUT2D eigenvalue weighted by Crippen LogP contribution is 2.28. The zero-order chi connectivity index (χ0) is 14.0. The molecule has 2 aromatic rings. The molecule has 0 heterocycles. The Morgan fingerprint density at radius 1 is 1.21 bits per heavy atom. The van der Waals surface area contributed by atoms with E-state index in [4.69, 9.17) is 22.1 Å². The molecule has 19 heavy (non-hydrogen) atoms. The lowest BCUT2D eigenvalue weighted by Crippen LogP contribution is -2.05. The Labute approximate surface area is 117 Å². The number of hydrogen-bond acceptors (Lipinski definition) is 2. The zero-order valence-corrected chi connectivity index (χ0v) is 11.5. The third-order valence-corrected chi connectivity index (χ3v) is 3.26. The third kappa shape index (κ3) is 3.25. The normalized spacial score (nSPS) is 12.3. The van der Waals surface area contributed by atoms with Crippen LogP contribution >= 0.6 is 11.6 Å². The van der Waals surface area contributed by atoms with Gasteiger partial charge in [0, 0.05) is 11.1 Å². The summed E-state index contributed by atoms with van der Waals surface area (Å²) >= 11 is 5.93. The number of benzene rings is 2. The molecule has 2 nitrogen and oxygen atoms in total. The van der Waals surface area contributed by atoms with Crippen molar-refractivity contribution < 1.29 is 9.13 Å². The first-order valence-electron chi connectivity index (χ1n) is 5.96. The molecule has 0 radical (unpaired) electrons. The van der Waals surface area contributed by atoms with Gasteiger partial charge in [-0.2, -0.15) is 0 Å². The van der Waals surface area contributed by atoms with Crippen molar-refractivity contribution in [1.29, 1.82) is 0 Å². The quantitative estimate of drug-likeness (QED) is 0.891. The van der Waals surface area contributed by atoms with Gasteiger partial charge in [0.25, 0.3) is 0 Å². The maximum atomic E-state index is 13.9. The predicted octanol–water partition coefficient (Wildman–Crippen LogP) is 4.60. The standard InChI is InChI=1S/C15H15ClFNO/c1-9-7-12(4-5-13(9)16)19-15-6-3-11(10(2)18)8-14(15)17/h3-8,10H,18H2,1-2H3/t10-/m1/s1. The van der Waals surface area contributed by atoms with Gasteiger partial charge < -0.3 is 10.5 Å². The molecule has 0 amide bonds. The number of nitrogens with two attached hydrogens (primary N) is 1. The first-order valence-corrected chi connectivity index (χ1v) is 6.34. The second kappa shape index (κ2) is 5.59. The van der Waals surface area contributed by atoms with Gasteiger partial charge in [-0.25, -0.2) is 4.39 Å². The molecule has 0 bridgehead atoms. The second-order valence-electron chi connectivity index (χ2n) is 4.49. The van der Waals surface area contributed by atoms with E-state index in [9.17, 15) is 4.39 Å². The van der Waals surface area contributed by atoms with Crippen LogP contribution in [0, 0.1) is 12.7 Å². The lowest BCUT2D eigenvalue weighted by atomic mass is 10.1. The molecule has 0 spiro atoms. The van der Waals surface area contributed by atoms with Crippen LogP contribution in [0.3, 0.4) is 0 Å². The molecule has 100 valence electrons. The van der Waals surface area contributed by atoms with Gasteiger partial charge in [-0.3, -0.25) is 0 Å². The van der Waals surface area contributed by atoms with Crippen molar-refractivity contribution in [2.75, 3.05) is 0 Å². The van der Waals surface area contributed by atoms with Gasteiger partial charge in [-0.05, 0) is 55.3 Å². The molecule has 0 saturated heterocycles. The van der Waals surface area contributed by atoms with Gasteiger partial charge in [0.2, 0.25) is 0 Å². The fraction of sp³-hybridized carbons (Fsp3) is 0.200. The first-order chi connectivity index (χ1) is 8.97. The summed E-state index contributed by atoms with van der Waals surface area (Å²) in [5, 5.41) is 0.653. The molecule has 2 aromatic carbocycles. The van der Waals surface area contributed by atoms with Crippen LogP contribution in [0.4, 0.5) is 4.39 Å². The van der Waals surface area contributed by atoms with Crippen molar-refractivity contribution in [2.24, 2.45) is 5.73 Å². The second-order valence-corrected chi connectivity index (χ2v) is 4.90. The summed E-state index contributed by atoms with van der Waals surface area (Å²) in [7, 11) is 0. The minimum Gasteiger partial charge on any atom is -0.454 e. The summed E-state index contributed by atoms with van der Waals surface area (Å²) in [4.78, 5) is 0. The molecule has 2 rings (SSSR count). The van der Waals surface area contributed by atoms with Crippen LogP contribution in [0.25, 0.3) is 0 Å². The summed E-state index contributed by atoms with van der Waals surface area (Å²) in [6.07, 6.45) is 0. The molecule has 0 saturated carbocycles. The first kappa shape index (κ1) is 13.8. The summed E-state index contributed by atoms with van der Waals surface area (Å²) in [5.74, 6) is 0.294. The van der Waals surface area contributed by atoms with Crippen LogP contribution in [0.5, 0.6) is 11.5 Å². The minimum absolute atomic E-state index is 0.172. The van der Waals surface area contributed by atoms with Crippen LogP contribution in [0.2, 0.25) is 5.02 Å². The molecule has 0 fully saturated rings. The summed E-state index contributed by atoms with van der Waals surface area (Å²) in [6, 6.07) is 9.71. The van der Waals surface area contributed by atoms with Gasteiger partial charge in [-0.1, -0.05) is 17.7 Å². The van der Waals surface area contributed by atoms with E-state index < -0.39 is 5.82 Å². The molecule has 0 aliphatic carbocycles. The summed E-state index contributed by atoms with van der Waals surface area (Å²) in [5.41, 5.74) is 7.31. The fourth-order valence-corrected chi connectivity index (χ4v) is 1.81. The Morgan fingerprint density at radius 2 is 1.95 bits per heavy atom. The highest BCUT2D eigenvalue weighted by Gasteiger charge is 2.09. The van der Waals surface area contributed by atoms with Gasteiger partial charge in [0.05, 0.1) is 0 Å². The van der Waals surface area contributed by atoms with E-state index in [1.165, 1.54) is 6.07 Å². The lowest BCUT2D eigenvalue weighted by Gasteiger charge is -2.11. The van der Waals surface area contributed by atoms with Gasteiger partial charge in [0.1, 0.15) is 5.75 Å². The van der Waals surface area contributed by atoms with E-state index in [1.54, 1.807) is 37.3 Å². The Bertz CT molecular complexity index is 599. The van der Waals surface area contributed by atoms with E-state index in [0.717, 1.165) is 11.1 Å². The van der Waals surface area contributed by atoms with Gasteiger partial charge in [0.15, 0.2) is 11.6 Å². The summed E-state index contributed by atoms with van der Waals surface area (Å²) < 4.78 is 19.4. The van der Waals surface area contributed by atoms with E-state index >= 15 is 0 Å². The number of halogens is 2. The van der Waals surface area contributed by atoms with Crippen molar-refractivity contribution >= 4 is 11.6 Å². The van der Waals surface area contributed by atoms with Crippen LogP contribution in [0.15, 0.2) is 36.4 Å². The molecule has 0 aromatic heterocycles. The molecule has 2 N–H and O–H groups in total. The summed E-state index contributed by atoms with van der Waals surface area (Å²) in [6.45, 7) is 3.67. The molecular weight excluding hydrogens is 265 g/mol. The van der Waals surface area contributed by atoms with Crippen molar-refractivity contribution in [2.45, 2.75) is 19.9 Å². The Hall–Kier alpha value is -1.58. The zero-order valence-electron chi connectivity index (χ0n) is 10.8. The average Bonchev–Trinajstić information content (AvgIpc) is 2.36. The van der Waals surface area contributed by atoms with Crippen LogP contribution in [-0.4, -0.2) is 0 Å². The van der Waals surface area contributed by atoms with E-state index in [-0.39, 0.29) is 11.8 Å². The Balaban J connectivity index is 2.25. The number of ether oxygens (including phenoxy) is 1. The van der Waals surface area contributed by atoms with Crippen molar-refractivity contribution in [3.8, 4) is 11.5 Å². The molecule has 0 unspecified atom stereocenters. The van der Waals surface area contributed by atoms with Crippen molar-refractivity contribution in [3.63, 3.8) is 0 Å². The highest BCUT2D eigenvalue weighted by molar-refractivity contribution is 6.31. The smallest absolute Gasteiger partial charge is 0.166 e. The Kier molecular flexibility index (Phi) is 4.08. The number of aryl methyl sites for hydroxylation is 1. The number of hydrogen-bond donors (Lipinski definition) is 1. The van der Waals surface area contributed by atoms with Gasteiger partial charge >= 0.3 is 0 Å². The van der Waals surface area contributed by atoms with Crippen molar-refractivity contribution in [1.82, 2.24) is 0 Å². The topological polar surface area (TPSA) is 35.2 Å². The Morgan fingerprint density at radius 3 is 2.53 bits per heavy atom. The van der Waals surface area contributed by atoms with E-state index in [2.05, 4.69) is 0 Å². The highest BCUT2D eigenvalue weighted by atomic mass is 35.5. The minimum atomic E-state index is -0.428. The van der Waals surface area contributed by atoms with Crippen LogP contribution < -0.4 is 10.5 Å². The fourth-order valence-electron chi connectivity index (χ4n) is 1.69. The van der Waals surface area contributed by atoms with E-state index in [1.807, 2.05) is 6.92 Å². The van der Waals surface area contributed by atoms with E-state index in [0.29, 0.717) is 10.8 Å². The lowest BCUT2D eigenvalue weighted by molar-refractivity contribution is 0.441. The predicted molar refractivity (Wildman–Crippen MR) is 75.3 cm³/mol. The molecular formula is C15H15ClFNO. The van der Waals surface area contributed by atoms with Crippen LogP contribution in [-0.2, 0) is 0 Å². The molecule has 0 aliphatic heterocycles. The van der Waals surface area contributed by atoms with Crippen molar-refractivity contribution in [3.05, 3.63) is 58.4 Å².